The predicted molar refractivity (Wildman–Crippen MR) is 64.3 cm³/mol. The fourth-order valence-electron chi connectivity index (χ4n) is 2.22. The molecule has 0 spiro atoms. The van der Waals surface area contributed by atoms with Gasteiger partial charge in [-0.05, 0) is 17.5 Å². The number of aromatic nitrogens is 5. The molecule has 0 unspecified atom stereocenters. The molecule has 0 saturated carbocycles. The fraction of sp³-hybridized carbons (Fsp3) is 0.600. The zero-order valence-corrected chi connectivity index (χ0v) is 10.1. The van der Waals surface area contributed by atoms with E-state index in [1.807, 2.05) is 7.05 Å². The van der Waals surface area contributed by atoms with Gasteiger partial charge in [-0.2, -0.15) is 4.52 Å². The second-order valence-electron chi connectivity index (χ2n) is 4.46. The summed E-state index contributed by atoms with van der Waals surface area (Å²) in [4.78, 5) is 8.63. The third-order valence-corrected chi connectivity index (χ3v) is 3.38. The van der Waals surface area contributed by atoms with Crippen molar-refractivity contribution in [2.75, 3.05) is 38.2 Å². The molecule has 1 fully saturated rings. The first-order valence-electron chi connectivity index (χ1n) is 5.88. The Morgan fingerprint density at radius 1 is 1.44 bits per heavy atom. The molecule has 2 aromatic heterocycles. The monoisotopic (exact) mass is 249 g/mol. The zero-order chi connectivity index (χ0) is 12.5. The fourth-order valence-corrected chi connectivity index (χ4v) is 2.22. The third-order valence-electron chi connectivity index (χ3n) is 3.38. The van der Waals surface area contributed by atoms with Crippen LogP contribution < -0.4 is 4.90 Å². The minimum Gasteiger partial charge on any atom is -0.395 e. The Balaban J connectivity index is 1.93. The van der Waals surface area contributed by atoms with Gasteiger partial charge in [0.05, 0.1) is 18.8 Å². The van der Waals surface area contributed by atoms with Crippen LogP contribution in [0.25, 0.3) is 5.65 Å². The SMILES string of the molecule is CN1CCN(c2nccn3nnnc23)C[C@@H]1CO. The highest BCUT2D eigenvalue weighted by molar-refractivity contribution is 5.62. The number of tetrazole rings is 1. The maximum atomic E-state index is 9.37. The van der Waals surface area contributed by atoms with E-state index in [1.165, 1.54) is 0 Å². The van der Waals surface area contributed by atoms with Crippen molar-refractivity contribution in [2.45, 2.75) is 6.04 Å². The molecule has 3 rings (SSSR count). The zero-order valence-electron chi connectivity index (χ0n) is 10.1. The number of aliphatic hydroxyl groups excluding tert-OH is 1. The van der Waals surface area contributed by atoms with Crippen LogP contribution in [0.1, 0.15) is 0 Å². The standard InChI is InChI=1S/C10H15N7O/c1-15-4-5-16(6-8(15)7-18)9-10-12-13-14-17(10)3-2-11-9/h2-3,8,18H,4-7H2,1H3/t8-/m1/s1. The lowest BCUT2D eigenvalue weighted by Gasteiger charge is -2.38. The summed E-state index contributed by atoms with van der Waals surface area (Å²) in [7, 11) is 2.02. The van der Waals surface area contributed by atoms with E-state index in [1.54, 1.807) is 16.9 Å². The number of anilines is 1. The molecule has 0 bridgehead atoms. The van der Waals surface area contributed by atoms with Crippen molar-refractivity contribution in [3.05, 3.63) is 12.4 Å². The van der Waals surface area contributed by atoms with E-state index in [-0.39, 0.29) is 12.6 Å². The molecule has 1 saturated heterocycles. The minimum atomic E-state index is 0.122. The molecule has 96 valence electrons. The second kappa shape index (κ2) is 4.46. The molecule has 8 heteroatoms. The van der Waals surface area contributed by atoms with Gasteiger partial charge in [0.15, 0.2) is 5.82 Å². The van der Waals surface area contributed by atoms with Crippen molar-refractivity contribution in [1.82, 2.24) is 29.9 Å². The number of aliphatic hydroxyl groups is 1. The van der Waals surface area contributed by atoms with Gasteiger partial charge in [0, 0.05) is 25.8 Å². The van der Waals surface area contributed by atoms with Crippen LogP contribution in [0.15, 0.2) is 12.4 Å². The number of hydrogen-bond acceptors (Lipinski definition) is 7. The van der Waals surface area contributed by atoms with E-state index in [9.17, 15) is 5.11 Å². The summed E-state index contributed by atoms with van der Waals surface area (Å²) in [5, 5.41) is 20.9. The van der Waals surface area contributed by atoms with Crippen molar-refractivity contribution in [2.24, 2.45) is 0 Å². The molecule has 2 aromatic rings. The number of piperazine rings is 1. The van der Waals surface area contributed by atoms with Crippen molar-refractivity contribution in [1.29, 1.82) is 0 Å². The highest BCUT2D eigenvalue weighted by Crippen LogP contribution is 2.19. The summed E-state index contributed by atoms with van der Waals surface area (Å²) in [5.41, 5.74) is 0.652. The first-order valence-corrected chi connectivity index (χ1v) is 5.88. The van der Waals surface area contributed by atoms with Crippen LogP contribution in [0, 0.1) is 0 Å². The summed E-state index contributed by atoms with van der Waals surface area (Å²) in [6, 6.07) is 0.122. The van der Waals surface area contributed by atoms with Crippen LogP contribution >= 0.6 is 0 Å². The Labute approximate surface area is 104 Å². The van der Waals surface area contributed by atoms with Crippen molar-refractivity contribution < 1.29 is 5.11 Å². The molecule has 1 aliphatic heterocycles. The molecular weight excluding hydrogens is 234 g/mol. The Kier molecular flexibility index (Phi) is 2.80. The molecule has 1 atom stereocenters. The number of likely N-dealkylation sites (N-methyl/N-ethyl adjacent to an activating group) is 1. The summed E-state index contributed by atoms with van der Waals surface area (Å²) < 4.78 is 1.61. The van der Waals surface area contributed by atoms with Gasteiger partial charge in [-0.25, -0.2) is 4.98 Å². The Hall–Kier alpha value is -1.80. The summed E-state index contributed by atoms with van der Waals surface area (Å²) in [6.07, 6.45) is 3.41. The largest absolute Gasteiger partial charge is 0.395 e. The van der Waals surface area contributed by atoms with Crippen LogP contribution in [0.3, 0.4) is 0 Å². The van der Waals surface area contributed by atoms with Gasteiger partial charge < -0.3 is 10.0 Å². The molecular formula is C10H15N7O. The van der Waals surface area contributed by atoms with Crippen LogP contribution in [0.4, 0.5) is 5.82 Å². The lowest BCUT2D eigenvalue weighted by Crippen LogP contribution is -2.53. The first-order chi connectivity index (χ1) is 8.79. The van der Waals surface area contributed by atoms with Crippen LogP contribution in [-0.4, -0.2) is 74.4 Å². The molecule has 1 N–H and O–H groups in total. The number of fused-ring (bicyclic) bond motifs is 1. The number of rotatable bonds is 2. The van der Waals surface area contributed by atoms with E-state index in [2.05, 4.69) is 30.3 Å². The van der Waals surface area contributed by atoms with Crippen LogP contribution in [0.2, 0.25) is 0 Å². The Bertz CT molecular complexity index is 542. The molecule has 18 heavy (non-hydrogen) atoms. The van der Waals surface area contributed by atoms with E-state index >= 15 is 0 Å². The summed E-state index contributed by atoms with van der Waals surface area (Å²) in [6.45, 7) is 2.61. The minimum absolute atomic E-state index is 0.122. The predicted octanol–water partition coefficient (Wildman–Crippen LogP) is -1.37. The quantitative estimate of drug-likeness (QED) is 0.703. The van der Waals surface area contributed by atoms with Gasteiger partial charge in [0.25, 0.3) is 0 Å². The highest BCUT2D eigenvalue weighted by atomic mass is 16.3. The van der Waals surface area contributed by atoms with Gasteiger partial charge in [-0.1, -0.05) is 0 Å². The van der Waals surface area contributed by atoms with Crippen molar-refractivity contribution >= 4 is 11.5 Å². The molecule has 3 heterocycles. The van der Waals surface area contributed by atoms with E-state index < -0.39 is 0 Å². The van der Waals surface area contributed by atoms with Crippen LogP contribution in [0.5, 0.6) is 0 Å². The Morgan fingerprint density at radius 2 is 2.33 bits per heavy atom. The maximum absolute atomic E-state index is 9.37. The van der Waals surface area contributed by atoms with Gasteiger partial charge >= 0.3 is 0 Å². The normalized spacial score (nSPS) is 21.7. The van der Waals surface area contributed by atoms with Crippen molar-refractivity contribution in [3.8, 4) is 0 Å². The van der Waals surface area contributed by atoms with Crippen LogP contribution in [-0.2, 0) is 0 Å². The topological polar surface area (TPSA) is 82.7 Å². The average molecular weight is 249 g/mol. The molecule has 0 aromatic carbocycles. The van der Waals surface area contributed by atoms with Gasteiger partial charge in [0.2, 0.25) is 5.65 Å². The van der Waals surface area contributed by atoms with E-state index in [0.29, 0.717) is 5.65 Å². The average Bonchev–Trinajstić information content (AvgIpc) is 2.87. The highest BCUT2D eigenvalue weighted by Gasteiger charge is 2.26. The second-order valence-corrected chi connectivity index (χ2v) is 4.46. The third kappa shape index (κ3) is 1.79. The summed E-state index contributed by atoms with van der Waals surface area (Å²) >= 11 is 0. The lowest BCUT2D eigenvalue weighted by atomic mass is 10.2. The van der Waals surface area contributed by atoms with E-state index in [0.717, 1.165) is 25.5 Å². The molecule has 0 aliphatic carbocycles. The molecule has 0 radical (unpaired) electrons. The lowest BCUT2D eigenvalue weighted by molar-refractivity contribution is 0.135. The smallest absolute Gasteiger partial charge is 0.221 e. The van der Waals surface area contributed by atoms with Gasteiger partial charge in [0.1, 0.15) is 0 Å². The van der Waals surface area contributed by atoms with Crippen molar-refractivity contribution in [3.63, 3.8) is 0 Å². The number of hydrogen-bond donors (Lipinski definition) is 1. The molecule has 0 amide bonds. The summed E-state index contributed by atoms with van der Waals surface area (Å²) in [5.74, 6) is 0.772. The molecule has 8 nitrogen and oxygen atoms in total. The Morgan fingerprint density at radius 3 is 3.17 bits per heavy atom. The maximum Gasteiger partial charge on any atom is 0.221 e. The van der Waals surface area contributed by atoms with Gasteiger partial charge in [-0.15, -0.1) is 5.10 Å². The van der Waals surface area contributed by atoms with Gasteiger partial charge in [-0.3, -0.25) is 4.90 Å². The first kappa shape index (κ1) is 11.3. The van der Waals surface area contributed by atoms with E-state index in [4.69, 9.17) is 0 Å². The number of nitrogens with zero attached hydrogens (tertiary/aromatic N) is 7. The molecule has 1 aliphatic rings.